The Morgan fingerprint density at radius 1 is 0.913 bits per heavy atom. The van der Waals surface area contributed by atoms with Crippen molar-refractivity contribution in [2.75, 3.05) is 45.1 Å². The molecular formula is C14H26N2O5S2. The van der Waals surface area contributed by atoms with Crippen molar-refractivity contribution in [3.63, 3.8) is 0 Å². The summed E-state index contributed by atoms with van der Waals surface area (Å²) in [5, 5.41) is -0.620. The van der Waals surface area contributed by atoms with Crippen molar-refractivity contribution in [1.82, 2.24) is 8.61 Å². The fourth-order valence-corrected chi connectivity index (χ4v) is 6.97. The SMILES string of the molecule is O=S(=O)(CCC1CC1)N1CCCC(S(=O)(=O)N2CCOCC2)C1. The van der Waals surface area contributed by atoms with E-state index in [0.29, 0.717) is 58.0 Å². The highest BCUT2D eigenvalue weighted by atomic mass is 32.2. The third-order valence-corrected chi connectivity index (χ3v) is 9.15. The monoisotopic (exact) mass is 366 g/mol. The number of sulfonamides is 2. The van der Waals surface area contributed by atoms with Crippen LogP contribution < -0.4 is 0 Å². The molecule has 0 aromatic rings. The number of morpholine rings is 1. The molecule has 0 amide bonds. The molecule has 1 aliphatic carbocycles. The lowest BCUT2D eigenvalue weighted by atomic mass is 10.2. The lowest BCUT2D eigenvalue weighted by molar-refractivity contribution is 0.0722. The van der Waals surface area contributed by atoms with Crippen LogP contribution in [0, 0.1) is 5.92 Å². The van der Waals surface area contributed by atoms with Crippen molar-refractivity contribution in [3.05, 3.63) is 0 Å². The maximum atomic E-state index is 12.7. The molecule has 23 heavy (non-hydrogen) atoms. The van der Waals surface area contributed by atoms with Crippen LogP contribution in [0.15, 0.2) is 0 Å². The van der Waals surface area contributed by atoms with E-state index in [0.717, 1.165) is 12.8 Å². The Bertz CT molecular complexity index is 609. The number of hydrogen-bond donors (Lipinski definition) is 0. The summed E-state index contributed by atoms with van der Waals surface area (Å²) in [7, 11) is -6.79. The van der Waals surface area contributed by atoms with Gasteiger partial charge in [-0.15, -0.1) is 0 Å². The van der Waals surface area contributed by atoms with Crippen LogP contribution in [-0.4, -0.2) is 75.8 Å². The van der Waals surface area contributed by atoms with Gasteiger partial charge in [0.15, 0.2) is 0 Å². The van der Waals surface area contributed by atoms with Gasteiger partial charge in [-0.1, -0.05) is 12.8 Å². The minimum atomic E-state index is -3.45. The topological polar surface area (TPSA) is 84.0 Å². The van der Waals surface area contributed by atoms with Gasteiger partial charge in [0.2, 0.25) is 20.0 Å². The number of hydrogen-bond acceptors (Lipinski definition) is 5. The fraction of sp³-hybridized carbons (Fsp3) is 1.00. The first-order valence-corrected chi connectivity index (χ1v) is 11.6. The van der Waals surface area contributed by atoms with Crippen LogP contribution in [0.2, 0.25) is 0 Å². The van der Waals surface area contributed by atoms with Crippen LogP contribution in [-0.2, 0) is 24.8 Å². The van der Waals surface area contributed by atoms with Gasteiger partial charge in [-0.05, 0) is 25.2 Å². The maximum Gasteiger partial charge on any atom is 0.218 e. The average molecular weight is 367 g/mol. The molecule has 7 nitrogen and oxygen atoms in total. The van der Waals surface area contributed by atoms with Gasteiger partial charge < -0.3 is 4.74 Å². The highest BCUT2D eigenvalue weighted by molar-refractivity contribution is 7.90. The van der Waals surface area contributed by atoms with E-state index < -0.39 is 25.3 Å². The molecular weight excluding hydrogens is 340 g/mol. The smallest absolute Gasteiger partial charge is 0.218 e. The molecule has 3 rings (SSSR count). The van der Waals surface area contributed by atoms with Crippen LogP contribution in [0.25, 0.3) is 0 Å². The molecule has 2 saturated heterocycles. The molecule has 134 valence electrons. The quantitative estimate of drug-likeness (QED) is 0.672. The Balaban J connectivity index is 1.64. The Morgan fingerprint density at radius 3 is 2.26 bits per heavy atom. The summed E-state index contributed by atoms with van der Waals surface area (Å²) in [6, 6.07) is 0. The maximum absolute atomic E-state index is 12.7. The van der Waals surface area contributed by atoms with Gasteiger partial charge >= 0.3 is 0 Å². The van der Waals surface area contributed by atoms with E-state index in [4.69, 9.17) is 4.74 Å². The first-order chi connectivity index (χ1) is 10.9. The van der Waals surface area contributed by atoms with E-state index in [1.54, 1.807) is 0 Å². The number of nitrogens with zero attached hydrogens (tertiary/aromatic N) is 2. The number of ether oxygens (including phenoxy) is 1. The van der Waals surface area contributed by atoms with Crippen molar-refractivity contribution in [2.24, 2.45) is 5.92 Å². The Labute approximate surface area is 139 Å². The first-order valence-electron chi connectivity index (χ1n) is 8.44. The second-order valence-electron chi connectivity index (χ2n) is 6.73. The highest BCUT2D eigenvalue weighted by Gasteiger charge is 2.39. The molecule has 0 bridgehead atoms. The van der Waals surface area contributed by atoms with Crippen molar-refractivity contribution in [1.29, 1.82) is 0 Å². The van der Waals surface area contributed by atoms with Crippen LogP contribution in [0.1, 0.15) is 32.1 Å². The van der Waals surface area contributed by atoms with Gasteiger partial charge in [0.1, 0.15) is 0 Å². The lowest BCUT2D eigenvalue weighted by Gasteiger charge is -2.35. The second-order valence-corrected chi connectivity index (χ2v) is 11.0. The summed E-state index contributed by atoms with van der Waals surface area (Å²) >= 11 is 0. The normalized spacial score (nSPS) is 28.8. The minimum Gasteiger partial charge on any atom is -0.379 e. The summed E-state index contributed by atoms with van der Waals surface area (Å²) in [5.74, 6) is 0.713. The molecule has 0 aromatic heterocycles. The molecule has 0 N–H and O–H groups in total. The van der Waals surface area contributed by atoms with Gasteiger partial charge in [-0.3, -0.25) is 0 Å². The largest absolute Gasteiger partial charge is 0.379 e. The average Bonchev–Trinajstić information content (AvgIpc) is 3.38. The summed E-state index contributed by atoms with van der Waals surface area (Å²) in [6.45, 7) is 2.11. The van der Waals surface area contributed by atoms with E-state index in [1.807, 2.05) is 0 Å². The zero-order valence-corrected chi connectivity index (χ0v) is 15.0. The summed E-state index contributed by atoms with van der Waals surface area (Å²) in [4.78, 5) is 0. The molecule has 0 spiro atoms. The Kier molecular flexibility index (Phi) is 5.32. The van der Waals surface area contributed by atoms with Crippen molar-refractivity contribution in [3.8, 4) is 0 Å². The van der Waals surface area contributed by atoms with Gasteiger partial charge in [0.05, 0.1) is 24.2 Å². The van der Waals surface area contributed by atoms with Crippen LogP contribution in [0.5, 0.6) is 0 Å². The molecule has 2 aliphatic heterocycles. The Morgan fingerprint density at radius 2 is 1.61 bits per heavy atom. The lowest BCUT2D eigenvalue weighted by Crippen LogP contribution is -2.52. The van der Waals surface area contributed by atoms with E-state index in [9.17, 15) is 16.8 Å². The summed E-state index contributed by atoms with van der Waals surface area (Å²) < 4.78 is 58.5. The standard InChI is InChI=1S/C14H26N2O5S2/c17-22(18,11-5-13-3-4-13)16-6-1-2-14(12-16)23(19,20)15-7-9-21-10-8-15/h13-14H,1-12H2. The number of piperidine rings is 1. The number of rotatable bonds is 6. The molecule has 0 radical (unpaired) electrons. The molecule has 3 aliphatic rings. The molecule has 0 aromatic carbocycles. The molecule has 9 heteroatoms. The third-order valence-electron chi connectivity index (χ3n) is 4.97. The van der Waals surface area contributed by atoms with E-state index in [-0.39, 0.29) is 12.3 Å². The molecule has 2 heterocycles. The molecule has 1 atom stereocenters. The fourth-order valence-electron chi connectivity index (χ4n) is 3.26. The van der Waals surface area contributed by atoms with Crippen molar-refractivity contribution < 1.29 is 21.6 Å². The van der Waals surface area contributed by atoms with E-state index in [2.05, 4.69) is 0 Å². The highest BCUT2D eigenvalue weighted by Crippen LogP contribution is 2.33. The van der Waals surface area contributed by atoms with Crippen molar-refractivity contribution in [2.45, 2.75) is 37.4 Å². The van der Waals surface area contributed by atoms with Gasteiger partial charge in [-0.25, -0.2) is 21.1 Å². The van der Waals surface area contributed by atoms with Crippen LogP contribution in [0.3, 0.4) is 0 Å². The Hall–Kier alpha value is -0.220. The van der Waals surface area contributed by atoms with E-state index >= 15 is 0 Å². The predicted molar refractivity (Wildman–Crippen MR) is 87.0 cm³/mol. The van der Waals surface area contributed by atoms with E-state index in [1.165, 1.54) is 8.61 Å². The second kappa shape index (κ2) is 6.95. The zero-order valence-electron chi connectivity index (χ0n) is 13.4. The minimum absolute atomic E-state index is 0.104. The predicted octanol–water partition coefficient (Wildman–Crippen LogP) is 0.243. The van der Waals surface area contributed by atoms with Gasteiger partial charge in [-0.2, -0.15) is 4.31 Å². The molecule has 3 fully saturated rings. The van der Waals surface area contributed by atoms with Crippen LogP contribution >= 0.6 is 0 Å². The first kappa shape index (κ1) is 17.6. The van der Waals surface area contributed by atoms with Crippen molar-refractivity contribution >= 4 is 20.0 Å². The van der Waals surface area contributed by atoms with Gasteiger partial charge in [0.25, 0.3) is 0 Å². The third kappa shape index (κ3) is 4.25. The molecule has 1 saturated carbocycles. The summed E-state index contributed by atoms with van der Waals surface area (Å²) in [6.07, 6.45) is 4.11. The van der Waals surface area contributed by atoms with Gasteiger partial charge in [0, 0.05) is 26.2 Å². The molecule has 1 unspecified atom stereocenters. The van der Waals surface area contributed by atoms with Crippen LogP contribution in [0.4, 0.5) is 0 Å². The zero-order chi connectivity index (χ0) is 16.5. The summed E-state index contributed by atoms with van der Waals surface area (Å²) in [5.41, 5.74) is 0.